The van der Waals surface area contributed by atoms with Crippen LogP contribution in [-0.2, 0) is 20.9 Å². The van der Waals surface area contributed by atoms with Crippen LogP contribution in [0.2, 0.25) is 0 Å². The maximum absolute atomic E-state index is 12.6. The average molecular weight is 455 g/mol. The number of nitrogens with zero attached hydrogens (tertiary/aromatic N) is 2. The molecule has 0 saturated carbocycles. The van der Waals surface area contributed by atoms with Gasteiger partial charge in [-0.1, -0.05) is 46.3 Å². The Kier molecular flexibility index (Phi) is 5.46. The number of benzene rings is 2. The normalized spacial score (nSPS) is 15.1. The van der Waals surface area contributed by atoms with E-state index in [-0.39, 0.29) is 18.2 Å². The van der Waals surface area contributed by atoms with Crippen molar-refractivity contribution < 1.29 is 14.3 Å². The predicted octanol–water partition coefficient (Wildman–Crippen LogP) is 3.98. The zero-order valence-corrected chi connectivity index (χ0v) is 17.3. The van der Waals surface area contributed by atoms with Crippen LogP contribution in [0, 0.1) is 0 Å². The molecule has 0 spiro atoms. The molecule has 0 bridgehead atoms. The van der Waals surface area contributed by atoms with Gasteiger partial charge in [0.05, 0.1) is 18.7 Å². The molecule has 0 aliphatic carbocycles. The highest BCUT2D eigenvalue weighted by Gasteiger charge is 2.37. The van der Waals surface area contributed by atoms with Crippen molar-refractivity contribution in [2.75, 3.05) is 17.7 Å². The lowest BCUT2D eigenvalue weighted by Crippen LogP contribution is -2.24. The summed E-state index contributed by atoms with van der Waals surface area (Å²) in [4.78, 5) is 25.1. The monoisotopic (exact) mass is 454 g/mol. The fourth-order valence-electron chi connectivity index (χ4n) is 3.38. The van der Waals surface area contributed by atoms with Crippen LogP contribution in [0.15, 0.2) is 59.1 Å². The van der Waals surface area contributed by atoms with Crippen LogP contribution in [0.4, 0.5) is 11.5 Å². The van der Waals surface area contributed by atoms with E-state index in [1.165, 1.54) is 0 Å². The molecule has 148 valence electrons. The van der Waals surface area contributed by atoms with Gasteiger partial charge >= 0.3 is 0 Å². The Hall–Kier alpha value is -2.97. The summed E-state index contributed by atoms with van der Waals surface area (Å²) >= 11 is 3.36. The zero-order chi connectivity index (χ0) is 20.4. The van der Waals surface area contributed by atoms with Crippen molar-refractivity contribution in [2.24, 2.45) is 0 Å². The van der Waals surface area contributed by atoms with E-state index in [0.29, 0.717) is 23.8 Å². The second kappa shape index (κ2) is 8.18. The summed E-state index contributed by atoms with van der Waals surface area (Å²) in [5.41, 5.74) is 3.13. The van der Waals surface area contributed by atoms with Gasteiger partial charge in [0.2, 0.25) is 5.91 Å². The molecule has 1 aliphatic rings. The second-order valence-corrected chi connectivity index (χ2v) is 7.59. The van der Waals surface area contributed by atoms with E-state index in [1.54, 1.807) is 23.9 Å². The number of fused-ring (bicyclic) bond motifs is 1. The first-order valence-corrected chi connectivity index (χ1v) is 9.88. The van der Waals surface area contributed by atoms with Gasteiger partial charge in [-0.2, -0.15) is 5.10 Å². The van der Waals surface area contributed by atoms with Crippen molar-refractivity contribution in [2.45, 2.75) is 19.1 Å². The number of hydrogen-bond acceptors (Lipinski definition) is 4. The van der Waals surface area contributed by atoms with Crippen molar-refractivity contribution in [3.63, 3.8) is 0 Å². The molecule has 0 radical (unpaired) electrons. The number of carbonyl (C=O) groups excluding carboxylic acids is 2. The van der Waals surface area contributed by atoms with Crippen molar-refractivity contribution in [3.05, 3.63) is 64.8 Å². The average Bonchev–Trinajstić information content (AvgIpc) is 3.20. The minimum absolute atomic E-state index is 0.0166. The highest BCUT2D eigenvalue weighted by atomic mass is 79.9. The lowest BCUT2D eigenvalue weighted by molar-refractivity contribution is -0.123. The number of anilines is 2. The van der Waals surface area contributed by atoms with Crippen LogP contribution in [0.5, 0.6) is 0 Å². The summed E-state index contributed by atoms with van der Waals surface area (Å²) in [6, 6.07) is 16.2. The largest absolute Gasteiger partial charge is 0.378 e. The summed E-state index contributed by atoms with van der Waals surface area (Å²) in [6.45, 7) is 0.303. The third kappa shape index (κ3) is 3.94. The van der Waals surface area contributed by atoms with Crippen LogP contribution in [0.1, 0.15) is 18.2 Å². The van der Waals surface area contributed by atoms with Crippen LogP contribution in [0.25, 0.3) is 11.1 Å². The Labute approximate surface area is 176 Å². The molecular formula is C21H19BrN4O3. The number of rotatable bonds is 6. The highest BCUT2D eigenvalue weighted by molar-refractivity contribution is 9.10. The molecule has 1 unspecified atom stereocenters. The number of nitrogens with one attached hydrogen (secondary N) is 2. The van der Waals surface area contributed by atoms with Gasteiger partial charge in [-0.15, -0.1) is 0 Å². The van der Waals surface area contributed by atoms with Gasteiger partial charge in [-0.3, -0.25) is 9.59 Å². The van der Waals surface area contributed by atoms with Gasteiger partial charge in [-0.05, 0) is 29.8 Å². The molecule has 2 aromatic carbocycles. The van der Waals surface area contributed by atoms with E-state index in [2.05, 4.69) is 31.7 Å². The van der Waals surface area contributed by atoms with Gasteiger partial charge in [0.15, 0.2) is 0 Å². The number of aromatic nitrogens is 2. The number of hydrogen-bond donors (Lipinski definition) is 2. The molecule has 8 heteroatoms. The number of amides is 2. The molecule has 0 saturated heterocycles. The smallest absolute Gasteiger partial charge is 0.251 e. The Morgan fingerprint density at radius 2 is 1.93 bits per heavy atom. The molecule has 29 heavy (non-hydrogen) atoms. The van der Waals surface area contributed by atoms with Crippen LogP contribution < -0.4 is 10.6 Å². The molecule has 4 rings (SSSR count). The van der Waals surface area contributed by atoms with Gasteiger partial charge in [0, 0.05) is 22.8 Å². The minimum atomic E-state index is -0.714. The van der Waals surface area contributed by atoms with Crippen LogP contribution in [-0.4, -0.2) is 28.7 Å². The molecule has 7 nitrogen and oxygen atoms in total. The molecule has 0 fully saturated rings. The summed E-state index contributed by atoms with van der Waals surface area (Å²) in [6.07, 6.45) is -0.0166. The SMILES string of the molecule is COCc1nn2c(c1-c1ccccc1)NC(=O)C2CC(=O)Nc1ccc(Br)cc1. The predicted molar refractivity (Wildman–Crippen MR) is 113 cm³/mol. The molecule has 3 aromatic rings. The first kappa shape index (κ1) is 19.4. The van der Waals surface area contributed by atoms with E-state index in [4.69, 9.17) is 4.74 Å². The lowest BCUT2D eigenvalue weighted by atomic mass is 10.1. The Balaban J connectivity index is 1.61. The van der Waals surface area contributed by atoms with Gasteiger partial charge in [0.1, 0.15) is 11.9 Å². The quantitative estimate of drug-likeness (QED) is 0.589. The van der Waals surface area contributed by atoms with Crippen LogP contribution in [0.3, 0.4) is 0 Å². The van der Waals surface area contributed by atoms with Crippen molar-refractivity contribution in [3.8, 4) is 11.1 Å². The molecule has 2 heterocycles. The maximum atomic E-state index is 12.6. The fraction of sp³-hybridized carbons (Fsp3) is 0.190. The Morgan fingerprint density at radius 1 is 1.21 bits per heavy atom. The van der Waals surface area contributed by atoms with Gasteiger partial charge in [-0.25, -0.2) is 4.68 Å². The number of methoxy groups -OCH3 is 1. The van der Waals surface area contributed by atoms with Crippen molar-refractivity contribution in [1.82, 2.24) is 9.78 Å². The fourth-order valence-corrected chi connectivity index (χ4v) is 3.65. The highest BCUT2D eigenvalue weighted by Crippen LogP contribution is 2.38. The summed E-state index contributed by atoms with van der Waals surface area (Å²) in [5, 5.41) is 10.3. The Morgan fingerprint density at radius 3 is 2.62 bits per heavy atom. The van der Waals surface area contributed by atoms with Gasteiger partial charge in [0.25, 0.3) is 5.91 Å². The topological polar surface area (TPSA) is 85.2 Å². The van der Waals surface area contributed by atoms with Gasteiger partial charge < -0.3 is 15.4 Å². The number of ether oxygens (including phenoxy) is 1. The molecule has 2 amide bonds. The van der Waals surface area contributed by atoms with E-state index >= 15 is 0 Å². The molecule has 1 aliphatic heterocycles. The zero-order valence-electron chi connectivity index (χ0n) is 15.7. The third-order valence-electron chi connectivity index (χ3n) is 4.67. The van der Waals surface area contributed by atoms with Crippen molar-refractivity contribution in [1.29, 1.82) is 0 Å². The molecule has 2 N–H and O–H groups in total. The van der Waals surface area contributed by atoms with E-state index in [9.17, 15) is 9.59 Å². The summed E-state index contributed by atoms with van der Waals surface area (Å²) < 4.78 is 7.81. The summed E-state index contributed by atoms with van der Waals surface area (Å²) in [5.74, 6) is 0.0830. The molecule has 1 aromatic heterocycles. The number of halogens is 1. The molecular weight excluding hydrogens is 436 g/mol. The van der Waals surface area contributed by atoms with Crippen LogP contribution >= 0.6 is 15.9 Å². The first-order valence-electron chi connectivity index (χ1n) is 9.09. The standard InChI is InChI=1S/C21H19BrN4O3/c1-29-12-16-19(13-5-3-2-4-6-13)20-24-21(28)17(26(20)25-16)11-18(27)23-15-9-7-14(22)8-10-15/h2-10,17H,11-12H2,1H3,(H,23,27)(H,24,28). The second-order valence-electron chi connectivity index (χ2n) is 6.68. The number of carbonyl (C=O) groups is 2. The molecule has 1 atom stereocenters. The van der Waals surface area contributed by atoms with E-state index in [1.807, 2.05) is 42.5 Å². The summed E-state index contributed by atoms with van der Waals surface area (Å²) in [7, 11) is 1.60. The maximum Gasteiger partial charge on any atom is 0.251 e. The minimum Gasteiger partial charge on any atom is -0.378 e. The van der Waals surface area contributed by atoms with E-state index < -0.39 is 6.04 Å². The van der Waals surface area contributed by atoms with E-state index in [0.717, 1.165) is 15.6 Å². The van der Waals surface area contributed by atoms with Crippen molar-refractivity contribution >= 4 is 39.2 Å². The lowest BCUT2D eigenvalue weighted by Gasteiger charge is -2.10. The third-order valence-corrected chi connectivity index (χ3v) is 5.20. The Bertz CT molecular complexity index is 1050. The first-order chi connectivity index (χ1) is 14.1.